The number of nitrogens with one attached hydrogen (secondary N) is 1. The summed E-state index contributed by atoms with van der Waals surface area (Å²) in [6, 6.07) is 15.4. The summed E-state index contributed by atoms with van der Waals surface area (Å²) in [6.07, 6.45) is 0. The quantitative estimate of drug-likeness (QED) is 0.775. The van der Waals surface area contributed by atoms with Gasteiger partial charge in [-0.1, -0.05) is 0 Å². The summed E-state index contributed by atoms with van der Waals surface area (Å²) >= 11 is 0. The number of hydrogen-bond acceptors (Lipinski definition) is 4. The Morgan fingerprint density at radius 2 is 1.40 bits per heavy atom. The van der Waals surface area contributed by atoms with Crippen LogP contribution in [0.5, 0.6) is 0 Å². The minimum absolute atomic E-state index is 0.437. The second kappa shape index (κ2) is 6.70. The van der Waals surface area contributed by atoms with Gasteiger partial charge in [0.1, 0.15) is 5.69 Å². The zero-order valence-corrected chi connectivity index (χ0v) is 11.8. The van der Waals surface area contributed by atoms with Gasteiger partial charge in [-0.25, -0.2) is 0 Å². The van der Waals surface area contributed by atoms with E-state index >= 15 is 0 Å². The van der Waals surface area contributed by atoms with Crippen LogP contribution in [0.1, 0.15) is 13.8 Å². The first-order valence-electron chi connectivity index (χ1n) is 6.82. The van der Waals surface area contributed by atoms with Crippen LogP contribution in [0.3, 0.4) is 0 Å². The van der Waals surface area contributed by atoms with Crippen molar-refractivity contribution in [2.24, 2.45) is 5.18 Å². The zero-order chi connectivity index (χ0) is 14.4. The lowest BCUT2D eigenvalue weighted by atomic mass is 10.2. The van der Waals surface area contributed by atoms with Crippen LogP contribution in [0.15, 0.2) is 53.7 Å². The maximum absolute atomic E-state index is 10.4. The van der Waals surface area contributed by atoms with Gasteiger partial charge in [-0.15, -0.1) is 4.91 Å². The highest BCUT2D eigenvalue weighted by Crippen LogP contribution is 2.22. The van der Waals surface area contributed by atoms with E-state index in [1.54, 1.807) is 12.1 Å². The van der Waals surface area contributed by atoms with Crippen molar-refractivity contribution in [3.05, 3.63) is 53.4 Å². The molecule has 0 aromatic heterocycles. The molecule has 4 nitrogen and oxygen atoms in total. The molecule has 104 valence electrons. The van der Waals surface area contributed by atoms with E-state index in [1.807, 2.05) is 12.1 Å². The second-order valence-electron chi connectivity index (χ2n) is 4.48. The molecule has 4 heteroatoms. The topological polar surface area (TPSA) is 44.7 Å². The SMILES string of the molecule is CCN(CC)c1ccc(Nc2ccc(N=O)cc2)cc1. The van der Waals surface area contributed by atoms with E-state index in [2.05, 4.69) is 53.5 Å². The smallest absolute Gasteiger partial charge is 0.108 e. The summed E-state index contributed by atoms with van der Waals surface area (Å²) in [5.74, 6) is 0. The molecule has 1 N–H and O–H groups in total. The molecule has 0 fully saturated rings. The average Bonchev–Trinajstić information content (AvgIpc) is 2.51. The fourth-order valence-electron chi connectivity index (χ4n) is 2.12. The molecular weight excluding hydrogens is 250 g/mol. The molecule has 20 heavy (non-hydrogen) atoms. The van der Waals surface area contributed by atoms with Crippen LogP contribution < -0.4 is 10.2 Å². The van der Waals surface area contributed by atoms with Crippen LogP contribution in [-0.2, 0) is 0 Å². The van der Waals surface area contributed by atoms with Crippen molar-refractivity contribution in [2.45, 2.75) is 13.8 Å². The van der Waals surface area contributed by atoms with Crippen LogP contribution in [0, 0.1) is 4.91 Å². The molecular formula is C16H19N3O. The van der Waals surface area contributed by atoms with Gasteiger partial charge in [-0.3, -0.25) is 0 Å². The molecule has 0 heterocycles. The van der Waals surface area contributed by atoms with Crippen LogP contribution in [0.4, 0.5) is 22.7 Å². The summed E-state index contributed by atoms with van der Waals surface area (Å²) < 4.78 is 0. The molecule has 0 spiro atoms. The zero-order valence-electron chi connectivity index (χ0n) is 11.8. The summed E-state index contributed by atoms with van der Waals surface area (Å²) in [4.78, 5) is 12.7. The lowest BCUT2D eigenvalue weighted by Gasteiger charge is -2.21. The van der Waals surface area contributed by atoms with E-state index in [1.165, 1.54) is 5.69 Å². The lowest BCUT2D eigenvalue weighted by molar-refractivity contribution is 0.866. The molecule has 0 aliphatic heterocycles. The summed E-state index contributed by atoms with van der Waals surface area (Å²) in [6.45, 7) is 6.31. The Kier molecular flexibility index (Phi) is 4.71. The number of nitroso groups, excluding NO2 is 1. The summed E-state index contributed by atoms with van der Waals surface area (Å²) in [7, 11) is 0. The number of rotatable bonds is 6. The standard InChI is InChI=1S/C16H19N3O/c1-3-19(4-2)16-11-9-14(10-12-16)17-13-5-7-15(18-20)8-6-13/h5-12,17H,3-4H2,1-2H3. The van der Waals surface area contributed by atoms with Crippen molar-refractivity contribution in [2.75, 3.05) is 23.3 Å². The highest BCUT2D eigenvalue weighted by Gasteiger charge is 2.01. The molecule has 0 bridgehead atoms. The van der Waals surface area contributed by atoms with Gasteiger partial charge in [0.05, 0.1) is 0 Å². The maximum atomic E-state index is 10.4. The monoisotopic (exact) mass is 269 g/mol. The van der Waals surface area contributed by atoms with E-state index < -0.39 is 0 Å². The minimum Gasteiger partial charge on any atom is -0.372 e. The van der Waals surface area contributed by atoms with Crippen LogP contribution >= 0.6 is 0 Å². The Morgan fingerprint density at radius 3 is 1.85 bits per heavy atom. The van der Waals surface area contributed by atoms with Crippen molar-refractivity contribution in [1.82, 2.24) is 0 Å². The van der Waals surface area contributed by atoms with Gasteiger partial charge in [0.2, 0.25) is 0 Å². The van der Waals surface area contributed by atoms with E-state index in [-0.39, 0.29) is 0 Å². The first kappa shape index (κ1) is 14.1. The van der Waals surface area contributed by atoms with Gasteiger partial charge in [0.15, 0.2) is 0 Å². The Balaban J connectivity index is 2.07. The van der Waals surface area contributed by atoms with Crippen LogP contribution in [0.25, 0.3) is 0 Å². The Labute approximate surface area is 119 Å². The van der Waals surface area contributed by atoms with Crippen LogP contribution in [0.2, 0.25) is 0 Å². The highest BCUT2D eigenvalue weighted by atomic mass is 16.3. The van der Waals surface area contributed by atoms with Gasteiger partial charge >= 0.3 is 0 Å². The maximum Gasteiger partial charge on any atom is 0.108 e. The van der Waals surface area contributed by atoms with Crippen molar-refractivity contribution >= 4 is 22.7 Å². The fraction of sp³-hybridized carbons (Fsp3) is 0.250. The number of hydrogen-bond donors (Lipinski definition) is 1. The number of anilines is 3. The van der Waals surface area contributed by atoms with Gasteiger partial charge in [-0.2, -0.15) is 0 Å². The largest absolute Gasteiger partial charge is 0.372 e. The van der Waals surface area contributed by atoms with Gasteiger partial charge in [-0.05, 0) is 67.6 Å². The molecule has 0 saturated heterocycles. The third kappa shape index (κ3) is 3.35. The van der Waals surface area contributed by atoms with E-state index in [0.29, 0.717) is 5.69 Å². The number of nitrogens with zero attached hydrogens (tertiary/aromatic N) is 2. The highest BCUT2D eigenvalue weighted by molar-refractivity contribution is 5.64. The molecule has 0 aliphatic rings. The molecule has 2 rings (SSSR count). The number of benzene rings is 2. The predicted octanol–water partition coefficient (Wildman–Crippen LogP) is 4.67. The van der Waals surface area contributed by atoms with Crippen LogP contribution in [-0.4, -0.2) is 13.1 Å². The van der Waals surface area contributed by atoms with E-state index in [4.69, 9.17) is 0 Å². The lowest BCUT2D eigenvalue weighted by Crippen LogP contribution is -2.21. The first-order valence-corrected chi connectivity index (χ1v) is 6.82. The summed E-state index contributed by atoms with van der Waals surface area (Å²) in [5.41, 5.74) is 3.62. The molecule has 2 aromatic carbocycles. The Hall–Kier alpha value is -2.36. The Bertz CT molecular complexity index is 545. The summed E-state index contributed by atoms with van der Waals surface area (Å²) in [5, 5.41) is 6.18. The molecule has 0 saturated carbocycles. The fourth-order valence-corrected chi connectivity index (χ4v) is 2.12. The van der Waals surface area contributed by atoms with Crippen molar-refractivity contribution in [3.63, 3.8) is 0 Å². The molecule has 0 radical (unpaired) electrons. The molecule has 0 unspecified atom stereocenters. The van der Waals surface area contributed by atoms with Crippen molar-refractivity contribution in [1.29, 1.82) is 0 Å². The Morgan fingerprint density at radius 1 is 0.900 bits per heavy atom. The van der Waals surface area contributed by atoms with Gasteiger partial charge in [0.25, 0.3) is 0 Å². The molecule has 2 aromatic rings. The normalized spacial score (nSPS) is 10.1. The molecule has 0 atom stereocenters. The molecule has 0 aliphatic carbocycles. The first-order chi connectivity index (χ1) is 9.76. The van der Waals surface area contributed by atoms with Crippen molar-refractivity contribution in [3.8, 4) is 0 Å². The van der Waals surface area contributed by atoms with Gasteiger partial charge in [0, 0.05) is 30.2 Å². The minimum atomic E-state index is 0.437. The van der Waals surface area contributed by atoms with E-state index in [0.717, 1.165) is 24.5 Å². The van der Waals surface area contributed by atoms with Gasteiger partial charge < -0.3 is 10.2 Å². The molecule has 0 amide bonds. The predicted molar refractivity (Wildman–Crippen MR) is 85.2 cm³/mol. The third-order valence-electron chi connectivity index (χ3n) is 3.26. The average molecular weight is 269 g/mol. The second-order valence-corrected chi connectivity index (χ2v) is 4.48. The van der Waals surface area contributed by atoms with Crippen molar-refractivity contribution < 1.29 is 0 Å². The van der Waals surface area contributed by atoms with E-state index in [9.17, 15) is 4.91 Å². The third-order valence-corrected chi connectivity index (χ3v) is 3.26.